The van der Waals surface area contributed by atoms with Crippen molar-refractivity contribution in [1.82, 2.24) is 15.6 Å². The molecular formula is C24H27N3O4. The number of carbonyl (C=O) groups excluding carboxylic acids is 2. The van der Waals surface area contributed by atoms with Crippen LogP contribution in [0.5, 0.6) is 11.5 Å². The Bertz CT molecular complexity index is 1110. The van der Waals surface area contributed by atoms with Gasteiger partial charge in [-0.25, -0.2) is 0 Å². The maximum atomic E-state index is 13.2. The number of para-hydroxylation sites is 1. The molecule has 0 saturated heterocycles. The van der Waals surface area contributed by atoms with Crippen LogP contribution in [0.3, 0.4) is 0 Å². The highest BCUT2D eigenvalue weighted by molar-refractivity contribution is 5.90. The summed E-state index contributed by atoms with van der Waals surface area (Å²) in [6, 6.07) is 12.6. The maximum absolute atomic E-state index is 13.2. The van der Waals surface area contributed by atoms with Crippen molar-refractivity contribution < 1.29 is 19.1 Å². The molecule has 7 heteroatoms. The Hall–Kier alpha value is -3.48. The molecule has 2 amide bonds. The number of benzene rings is 2. The van der Waals surface area contributed by atoms with Gasteiger partial charge in [0.1, 0.15) is 6.04 Å². The zero-order valence-corrected chi connectivity index (χ0v) is 17.9. The fourth-order valence-corrected chi connectivity index (χ4v) is 3.65. The lowest BCUT2D eigenvalue weighted by atomic mass is 10.0. The summed E-state index contributed by atoms with van der Waals surface area (Å²) in [4.78, 5) is 28.8. The molecule has 3 N–H and O–H groups in total. The van der Waals surface area contributed by atoms with Crippen LogP contribution < -0.4 is 20.1 Å². The predicted molar refractivity (Wildman–Crippen MR) is 118 cm³/mol. The summed E-state index contributed by atoms with van der Waals surface area (Å²) in [7, 11) is 0. The molecule has 3 aromatic rings. The zero-order chi connectivity index (χ0) is 22.0. The third kappa shape index (κ3) is 4.50. The summed E-state index contributed by atoms with van der Waals surface area (Å²) < 4.78 is 10.8. The van der Waals surface area contributed by atoms with Crippen LogP contribution >= 0.6 is 0 Å². The number of amides is 2. The lowest BCUT2D eigenvalue weighted by Gasteiger charge is -2.22. The van der Waals surface area contributed by atoms with E-state index in [1.165, 1.54) is 0 Å². The van der Waals surface area contributed by atoms with E-state index in [4.69, 9.17) is 9.47 Å². The molecule has 2 atom stereocenters. The quantitative estimate of drug-likeness (QED) is 0.545. The highest BCUT2D eigenvalue weighted by atomic mass is 16.7. The topological polar surface area (TPSA) is 92.5 Å². The number of aromatic nitrogens is 1. The molecule has 0 fully saturated rings. The van der Waals surface area contributed by atoms with Crippen molar-refractivity contribution >= 4 is 22.7 Å². The van der Waals surface area contributed by atoms with Crippen LogP contribution in [0, 0.1) is 5.92 Å². The van der Waals surface area contributed by atoms with Gasteiger partial charge in [0.05, 0.1) is 6.04 Å². The number of H-pyrrole nitrogens is 1. The van der Waals surface area contributed by atoms with E-state index in [1.54, 1.807) is 0 Å². The first-order chi connectivity index (χ1) is 14.9. The summed E-state index contributed by atoms with van der Waals surface area (Å²) in [6.07, 6.45) is 2.29. The average molecular weight is 421 g/mol. The van der Waals surface area contributed by atoms with Gasteiger partial charge in [-0.05, 0) is 36.2 Å². The second-order valence-corrected chi connectivity index (χ2v) is 8.12. The van der Waals surface area contributed by atoms with E-state index < -0.39 is 6.04 Å². The molecule has 0 spiro atoms. The van der Waals surface area contributed by atoms with Crippen molar-refractivity contribution in [2.45, 2.75) is 39.3 Å². The van der Waals surface area contributed by atoms with E-state index in [0.29, 0.717) is 17.9 Å². The lowest BCUT2D eigenvalue weighted by molar-refractivity contribution is -0.130. The summed E-state index contributed by atoms with van der Waals surface area (Å²) in [5.41, 5.74) is 2.88. The summed E-state index contributed by atoms with van der Waals surface area (Å²) in [5, 5.41) is 6.98. The summed E-state index contributed by atoms with van der Waals surface area (Å²) in [6.45, 7) is 5.73. The van der Waals surface area contributed by atoms with Gasteiger partial charge in [-0.15, -0.1) is 0 Å². The van der Waals surface area contributed by atoms with Gasteiger partial charge < -0.3 is 25.1 Å². The number of hydrogen-bond donors (Lipinski definition) is 3. The molecule has 1 aromatic heterocycles. The Kier molecular flexibility index (Phi) is 5.84. The molecule has 4 rings (SSSR count). The molecule has 7 nitrogen and oxygen atoms in total. The van der Waals surface area contributed by atoms with E-state index in [2.05, 4.69) is 15.6 Å². The SMILES string of the molecule is CC(C)C(=O)NC(Cc1c[nH]c2ccccc12)C(=O)NC(C)c1ccc2c(c1)OCO2. The third-order valence-electron chi connectivity index (χ3n) is 5.51. The molecule has 1 aliphatic heterocycles. The maximum Gasteiger partial charge on any atom is 0.243 e. The molecule has 0 bridgehead atoms. The highest BCUT2D eigenvalue weighted by Crippen LogP contribution is 2.34. The van der Waals surface area contributed by atoms with Crippen LogP contribution in [0.4, 0.5) is 0 Å². The van der Waals surface area contributed by atoms with E-state index >= 15 is 0 Å². The van der Waals surface area contributed by atoms with E-state index in [1.807, 2.05) is 69.4 Å². The number of carbonyl (C=O) groups is 2. The van der Waals surface area contributed by atoms with Crippen molar-refractivity contribution in [2.75, 3.05) is 6.79 Å². The summed E-state index contributed by atoms with van der Waals surface area (Å²) >= 11 is 0. The molecule has 2 aromatic carbocycles. The number of nitrogens with one attached hydrogen (secondary N) is 3. The zero-order valence-electron chi connectivity index (χ0n) is 17.9. The van der Waals surface area contributed by atoms with Gasteiger partial charge in [0.2, 0.25) is 18.6 Å². The first kappa shape index (κ1) is 20.8. The second kappa shape index (κ2) is 8.71. The standard InChI is InChI=1S/C24H27N3O4/c1-14(2)23(28)27-20(10-17-12-25-19-7-5-4-6-18(17)19)24(29)26-15(3)16-8-9-21-22(11-16)31-13-30-21/h4-9,11-12,14-15,20,25H,10,13H2,1-3H3,(H,26,29)(H,27,28). The molecule has 0 radical (unpaired) electrons. The molecule has 31 heavy (non-hydrogen) atoms. The average Bonchev–Trinajstić information content (AvgIpc) is 3.39. The Morgan fingerprint density at radius 1 is 1.00 bits per heavy atom. The van der Waals surface area contributed by atoms with Crippen molar-refractivity contribution in [3.63, 3.8) is 0 Å². The van der Waals surface area contributed by atoms with Crippen LogP contribution in [0.2, 0.25) is 0 Å². The van der Waals surface area contributed by atoms with Crippen molar-refractivity contribution in [2.24, 2.45) is 5.92 Å². The highest BCUT2D eigenvalue weighted by Gasteiger charge is 2.25. The fourth-order valence-electron chi connectivity index (χ4n) is 3.65. The monoisotopic (exact) mass is 421 g/mol. The smallest absolute Gasteiger partial charge is 0.243 e. The number of aromatic amines is 1. The van der Waals surface area contributed by atoms with E-state index in [9.17, 15) is 9.59 Å². The minimum absolute atomic E-state index is 0.157. The third-order valence-corrected chi connectivity index (χ3v) is 5.51. The molecule has 0 aliphatic carbocycles. The molecule has 2 unspecified atom stereocenters. The molecular weight excluding hydrogens is 394 g/mol. The molecule has 1 aliphatic rings. The Morgan fingerprint density at radius 3 is 2.58 bits per heavy atom. The van der Waals surface area contributed by atoms with Gasteiger partial charge in [-0.3, -0.25) is 9.59 Å². The van der Waals surface area contributed by atoms with Crippen molar-refractivity contribution in [3.05, 3.63) is 59.8 Å². The van der Waals surface area contributed by atoms with E-state index in [0.717, 1.165) is 22.0 Å². The van der Waals surface area contributed by atoms with Crippen LogP contribution in [0.25, 0.3) is 10.9 Å². The Labute approximate surface area is 181 Å². The minimum atomic E-state index is -0.689. The predicted octanol–water partition coefficient (Wildman–Crippen LogP) is 3.46. The van der Waals surface area contributed by atoms with Gasteiger partial charge >= 0.3 is 0 Å². The van der Waals surface area contributed by atoms with Gasteiger partial charge in [-0.2, -0.15) is 0 Å². The van der Waals surface area contributed by atoms with Crippen LogP contribution in [0.15, 0.2) is 48.7 Å². The summed E-state index contributed by atoms with van der Waals surface area (Å²) in [5.74, 6) is 0.760. The molecule has 2 heterocycles. The van der Waals surface area contributed by atoms with Gasteiger partial charge in [0.15, 0.2) is 11.5 Å². The Morgan fingerprint density at radius 2 is 1.77 bits per heavy atom. The first-order valence-corrected chi connectivity index (χ1v) is 10.5. The number of rotatable bonds is 7. The van der Waals surface area contributed by atoms with Crippen molar-refractivity contribution in [3.8, 4) is 11.5 Å². The molecule has 162 valence electrons. The largest absolute Gasteiger partial charge is 0.454 e. The normalized spacial score (nSPS) is 14.5. The number of fused-ring (bicyclic) bond motifs is 2. The van der Waals surface area contributed by atoms with Gasteiger partial charge in [0, 0.05) is 29.4 Å². The van der Waals surface area contributed by atoms with Crippen LogP contribution in [0.1, 0.15) is 37.9 Å². The number of hydrogen-bond acceptors (Lipinski definition) is 4. The van der Waals surface area contributed by atoms with Crippen LogP contribution in [-0.2, 0) is 16.0 Å². The minimum Gasteiger partial charge on any atom is -0.454 e. The Balaban J connectivity index is 1.52. The van der Waals surface area contributed by atoms with Crippen molar-refractivity contribution in [1.29, 1.82) is 0 Å². The molecule has 0 saturated carbocycles. The second-order valence-electron chi connectivity index (χ2n) is 8.12. The van der Waals surface area contributed by atoms with Crippen LogP contribution in [-0.4, -0.2) is 29.6 Å². The van der Waals surface area contributed by atoms with Gasteiger partial charge in [0.25, 0.3) is 0 Å². The number of ether oxygens (including phenoxy) is 2. The fraction of sp³-hybridized carbons (Fsp3) is 0.333. The van der Waals surface area contributed by atoms with Gasteiger partial charge in [-0.1, -0.05) is 38.1 Å². The van der Waals surface area contributed by atoms with E-state index in [-0.39, 0.29) is 30.6 Å². The lowest BCUT2D eigenvalue weighted by Crippen LogP contribution is -2.49. The first-order valence-electron chi connectivity index (χ1n) is 10.5.